The van der Waals surface area contributed by atoms with Gasteiger partial charge in [-0.3, -0.25) is 0 Å². The summed E-state index contributed by atoms with van der Waals surface area (Å²) in [4.78, 5) is 12.2. The zero-order valence-electron chi connectivity index (χ0n) is 10.7. The summed E-state index contributed by atoms with van der Waals surface area (Å²) in [6, 6.07) is 11.4. The Morgan fingerprint density at radius 3 is 2.29 bits per heavy atom. The van der Waals surface area contributed by atoms with E-state index in [1.54, 1.807) is 42.5 Å². The Bertz CT molecular complexity index is 706. The van der Waals surface area contributed by atoms with Crippen LogP contribution in [0.1, 0.15) is 5.56 Å². The molecule has 108 valence electrons. The largest absolute Gasteiger partial charge is 0.389 e. The number of hydrogen-bond donors (Lipinski definition) is 3. The molecule has 0 aliphatic heterocycles. The molecule has 0 saturated heterocycles. The molecule has 2 amide bonds. The molecule has 21 heavy (non-hydrogen) atoms. The first kappa shape index (κ1) is 15.6. The van der Waals surface area contributed by atoms with Crippen LogP contribution in [0, 0.1) is 0 Å². The molecule has 0 bridgehead atoms. The number of urea groups is 1. The third-order valence-corrected chi connectivity index (χ3v) is 3.56. The summed E-state index contributed by atoms with van der Waals surface area (Å²) in [6.45, 7) is 0. The number of nitrogens with two attached hydrogens (primary N) is 1. The summed E-state index contributed by atoms with van der Waals surface area (Å²) in [7, 11) is 0. The van der Waals surface area contributed by atoms with Crippen LogP contribution in [0.15, 0.2) is 42.5 Å². The minimum Gasteiger partial charge on any atom is -0.389 e. The van der Waals surface area contributed by atoms with E-state index in [9.17, 15) is 4.79 Å². The summed E-state index contributed by atoms with van der Waals surface area (Å²) in [5.74, 6) is 0. The number of hydrogen-bond acceptors (Lipinski definition) is 2. The first-order valence-corrected chi connectivity index (χ1v) is 7.05. The van der Waals surface area contributed by atoms with Gasteiger partial charge in [-0.2, -0.15) is 0 Å². The maximum Gasteiger partial charge on any atom is 0.323 e. The van der Waals surface area contributed by atoms with Crippen molar-refractivity contribution in [2.45, 2.75) is 0 Å². The monoisotopic (exact) mass is 339 g/mol. The number of rotatable bonds is 3. The lowest BCUT2D eigenvalue weighted by atomic mass is 10.2. The SMILES string of the molecule is NC(=S)c1cccc(NC(=O)Nc2ccc(Cl)c(Cl)c2)c1. The number of thiocarbonyl (C=S) groups is 1. The molecule has 0 spiro atoms. The number of carbonyl (C=O) groups is 1. The molecule has 0 heterocycles. The Labute approximate surface area is 137 Å². The summed E-state index contributed by atoms with van der Waals surface area (Å²) >= 11 is 16.6. The average molecular weight is 340 g/mol. The van der Waals surface area contributed by atoms with Gasteiger partial charge in [-0.1, -0.05) is 47.6 Å². The van der Waals surface area contributed by atoms with Crippen molar-refractivity contribution in [2.75, 3.05) is 10.6 Å². The fourth-order valence-corrected chi connectivity index (χ4v) is 2.04. The van der Waals surface area contributed by atoms with E-state index >= 15 is 0 Å². The van der Waals surface area contributed by atoms with Gasteiger partial charge in [0, 0.05) is 16.9 Å². The predicted octanol–water partition coefficient (Wildman–Crippen LogP) is 4.27. The van der Waals surface area contributed by atoms with E-state index in [0.29, 0.717) is 27.0 Å². The molecule has 2 rings (SSSR count). The normalized spacial score (nSPS) is 10.0. The Balaban J connectivity index is 2.06. The highest BCUT2D eigenvalue weighted by atomic mass is 35.5. The highest BCUT2D eigenvalue weighted by molar-refractivity contribution is 7.80. The number of benzene rings is 2. The zero-order chi connectivity index (χ0) is 15.4. The second-order valence-corrected chi connectivity index (χ2v) is 5.41. The quantitative estimate of drug-likeness (QED) is 0.731. The molecule has 4 N–H and O–H groups in total. The molecule has 0 atom stereocenters. The van der Waals surface area contributed by atoms with Gasteiger partial charge in [-0.15, -0.1) is 0 Å². The van der Waals surface area contributed by atoms with Crippen LogP contribution in [-0.4, -0.2) is 11.0 Å². The number of carbonyl (C=O) groups excluding carboxylic acids is 1. The molecule has 4 nitrogen and oxygen atoms in total. The van der Waals surface area contributed by atoms with Gasteiger partial charge in [0.2, 0.25) is 0 Å². The second-order valence-electron chi connectivity index (χ2n) is 4.15. The van der Waals surface area contributed by atoms with Crippen molar-refractivity contribution in [1.29, 1.82) is 0 Å². The lowest BCUT2D eigenvalue weighted by molar-refractivity contribution is 0.262. The first-order valence-electron chi connectivity index (χ1n) is 5.88. The van der Waals surface area contributed by atoms with Crippen LogP contribution >= 0.6 is 35.4 Å². The molecule has 0 aliphatic rings. The topological polar surface area (TPSA) is 67.1 Å². The molecule has 0 aliphatic carbocycles. The third-order valence-electron chi connectivity index (χ3n) is 2.58. The lowest BCUT2D eigenvalue weighted by Crippen LogP contribution is -2.19. The Morgan fingerprint density at radius 2 is 1.67 bits per heavy atom. The maximum atomic E-state index is 11.9. The molecule has 0 aromatic heterocycles. The van der Waals surface area contributed by atoms with Crippen molar-refractivity contribution in [1.82, 2.24) is 0 Å². The smallest absolute Gasteiger partial charge is 0.323 e. The van der Waals surface area contributed by atoms with Crippen LogP contribution in [0.2, 0.25) is 10.0 Å². The molecule has 0 fully saturated rings. The van der Waals surface area contributed by atoms with E-state index in [1.165, 1.54) is 0 Å². The number of nitrogens with one attached hydrogen (secondary N) is 2. The fraction of sp³-hybridized carbons (Fsp3) is 0. The van der Waals surface area contributed by atoms with E-state index in [0.717, 1.165) is 0 Å². The van der Waals surface area contributed by atoms with Crippen LogP contribution in [-0.2, 0) is 0 Å². The van der Waals surface area contributed by atoms with Gasteiger partial charge in [0.1, 0.15) is 4.99 Å². The van der Waals surface area contributed by atoms with Gasteiger partial charge in [0.05, 0.1) is 10.0 Å². The van der Waals surface area contributed by atoms with Gasteiger partial charge in [0.15, 0.2) is 0 Å². The first-order chi connectivity index (χ1) is 9.95. The fourth-order valence-electron chi connectivity index (χ4n) is 1.62. The Morgan fingerprint density at radius 1 is 1.00 bits per heavy atom. The molecule has 0 unspecified atom stereocenters. The molecule has 2 aromatic rings. The molecule has 7 heteroatoms. The summed E-state index contributed by atoms with van der Waals surface area (Å²) in [6.07, 6.45) is 0. The zero-order valence-corrected chi connectivity index (χ0v) is 13.0. The van der Waals surface area contributed by atoms with Crippen molar-refractivity contribution in [3.05, 3.63) is 58.1 Å². The van der Waals surface area contributed by atoms with Gasteiger partial charge in [-0.05, 0) is 30.3 Å². The molecule has 0 saturated carbocycles. The van der Waals surface area contributed by atoms with Gasteiger partial charge in [0.25, 0.3) is 0 Å². The minimum absolute atomic E-state index is 0.267. The van der Waals surface area contributed by atoms with Crippen LogP contribution in [0.3, 0.4) is 0 Å². The van der Waals surface area contributed by atoms with Crippen LogP contribution < -0.4 is 16.4 Å². The van der Waals surface area contributed by atoms with E-state index < -0.39 is 6.03 Å². The van der Waals surface area contributed by atoms with Gasteiger partial charge < -0.3 is 16.4 Å². The van der Waals surface area contributed by atoms with Gasteiger partial charge in [-0.25, -0.2) is 4.79 Å². The average Bonchev–Trinajstić information content (AvgIpc) is 2.43. The molecule has 0 radical (unpaired) electrons. The highest BCUT2D eigenvalue weighted by Gasteiger charge is 2.06. The lowest BCUT2D eigenvalue weighted by Gasteiger charge is -2.09. The third kappa shape index (κ3) is 4.32. The van der Waals surface area contributed by atoms with Crippen molar-refractivity contribution < 1.29 is 4.79 Å². The van der Waals surface area contributed by atoms with Crippen molar-refractivity contribution in [2.24, 2.45) is 5.73 Å². The number of anilines is 2. The molecular weight excluding hydrogens is 329 g/mol. The van der Waals surface area contributed by atoms with Crippen LogP contribution in [0.4, 0.5) is 16.2 Å². The van der Waals surface area contributed by atoms with E-state index in [1.807, 2.05) is 0 Å². The van der Waals surface area contributed by atoms with E-state index in [-0.39, 0.29) is 4.99 Å². The predicted molar refractivity (Wildman–Crippen MR) is 91.4 cm³/mol. The van der Waals surface area contributed by atoms with Crippen molar-refractivity contribution in [3.8, 4) is 0 Å². The number of halogens is 2. The standard InChI is InChI=1S/C14H11Cl2N3OS/c15-11-5-4-10(7-12(11)16)19-14(20)18-9-3-1-2-8(6-9)13(17)21/h1-7H,(H2,17,21)(H2,18,19,20). The number of amides is 2. The Hall–Kier alpha value is -1.82. The second kappa shape index (κ2) is 6.76. The summed E-state index contributed by atoms with van der Waals surface area (Å²) < 4.78 is 0. The maximum absolute atomic E-state index is 11.9. The van der Waals surface area contributed by atoms with E-state index in [4.69, 9.17) is 41.2 Å². The molecule has 2 aromatic carbocycles. The summed E-state index contributed by atoms with van der Waals surface area (Å²) in [5.41, 5.74) is 7.34. The Kier molecular flexibility index (Phi) is 5.01. The van der Waals surface area contributed by atoms with Crippen molar-refractivity contribution in [3.63, 3.8) is 0 Å². The minimum atomic E-state index is -0.409. The van der Waals surface area contributed by atoms with Crippen LogP contribution in [0.25, 0.3) is 0 Å². The van der Waals surface area contributed by atoms with Crippen LogP contribution in [0.5, 0.6) is 0 Å². The highest BCUT2D eigenvalue weighted by Crippen LogP contribution is 2.25. The van der Waals surface area contributed by atoms with E-state index in [2.05, 4.69) is 10.6 Å². The molecular formula is C14H11Cl2N3OS. The van der Waals surface area contributed by atoms with Gasteiger partial charge >= 0.3 is 6.03 Å². The van der Waals surface area contributed by atoms with Crippen molar-refractivity contribution >= 4 is 57.8 Å². The summed E-state index contributed by atoms with van der Waals surface area (Å²) in [5, 5.41) is 6.12.